The first-order valence-electron chi connectivity index (χ1n) is 7.45. The standard InChI is InChI=1S/C17H20N2O4/c20-16(13-23-17-4-2-1-3-5-17)12-18-11-10-14-6-8-15(9-7-14)19(21)22/h1-9,16,18,20H,10-13H2/t16-/m0/s1. The van der Waals surface area contributed by atoms with Crippen LogP contribution in [0.1, 0.15) is 5.56 Å². The summed E-state index contributed by atoms with van der Waals surface area (Å²) in [5.74, 6) is 0.734. The minimum Gasteiger partial charge on any atom is -0.491 e. The normalized spacial score (nSPS) is 11.9. The lowest BCUT2D eigenvalue weighted by Crippen LogP contribution is -2.32. The van der Waals surface area contributed by atoms with Crippen LogP contribution in [0, 0.1) is 10.1 Å². The van der Waals surface area contributed by atoms with Crippen molar-refractivity contribution in [2.24, 2.45) is 0 Å². The van der Waals surface area contributed by atoms with Crippen LogP contribution in [-0.4, -0.2) is 35.8 Å². The third-order valence-electron chi connectivity index (χ3n) is 3.30. The quantitative estimate of drug-likeness (QED) is 0.421. The van der Waals surface area contributed by atoms with Crippen LogP contribution in [0.5, 0.6) is 5.75 Å². The molecule has 0 bridgehead atoms. The van der Waals surface area contributed by atoms with E-state index < -0.39 is 11.0 Å². The van der Waals surface area contributed by atoms with Gasteiger partial charge in [0.05, 0.1) is 4.92 Å². The topological polar surface area (TPSA) is 84.6 Å². The molecule has 0 heterocycles. The Labute approximate surface area is 134 Å². The monoisotopic (exact) mass is 316 g/mol. The van der Waals surface area contributed by atoms with E-state index in [9.17, 15) is 15.2 Å². The molecule has 0 radical (unpaired) electrons. The van der Waals surface area contributed by atoms with Gasteiger partial charge in [-0.3, -0.25) is 10.1 Å². The van der Waals surface area contributed by atoms with Crippen LogP contribution >= 0.6 is 0 Å². The van der Waals surface area contributed by atoms with Crippen molar-refractivity contribution in [3.05, 3.63) is 70.3 Å². The van der Waals surface area contributed by atoms with Crippen LogP contribution in [0.3, 0.4) is 0 Å². The number of ether oxygens (including phenoxy) is 1. The summed E-state index contributed by atoms with van der Waals surface area (Å²) in [6.07, 6.45) is 0.150. The zero-order valence-electron chi connectivity index (χ0n) is 12.7. The maximum absolute atomic E-state index is 10.6. The van der Waals surface area contributed by atoms with Gasteiger partial charge in [0.2, 0.25) is 0 Å². The van der Waals surface area contributed by atoms with Crippen molar-refractivity contribution in [3.63, 3.8) is 0 Å². The Balaban J connectivity index is 1.62. The molecule has 0 spiro atoms. The molecule has 23 heavy (non-hydrogen) atoms. The van der Waals surface area contributed by atoms with Crippen LogP contribution in [0.25, 0.3) is 0 Å². The van der Waals surface area contributed by atoms with Crippen molar-refractivity contribution in [2.45, 2.75) is 12.5 Å². The zero-order chi connectivity index (χ0) is 16.5. The third kappa shape index (κ3) is 6.06. The molecule has 0 unspecified atom stereocenters. The third-order valence-corrected chi connectivity index (χ3v) is 3.30. The first-order chi connectivity index (χ1) is 11.1. The van der Waals surface area contributed by atoms with E-state index in [-0.39, 0.29) is 12.3 Å². The Morgan fingerprint density at radius 3 is 2.48 bits per heavy atom. The van der Waals surface area contributed by atoms with Gasteiger partial charge < -0.3 is 15.2 Å². The van der Waals surface area contributed by atoms with Crippen LogP contribution in [0.2, 0.25) is 0 Å². The van der Waals surface area contributed by atoms with Gasteiger partial charge in [-0.05, 0) is 30.7 Å². The fourth-order valence-electron chi connectivity index (χ4n) is 2.05. The Morgan fingerprint density at radius 1 is 1.13 bits per heavy atom. The number of nitro benzene ring substituents is 1. The van der Waals surface area contributed by atoms with Crippen molar-refractivity contribution in [1.29, 1.82) is 0 Å². The molecule has 2 aromatic rings. The number of non-ortho nitro benzene ring substituents is 1. The van der Waals surface area contributed by atoms with Gasteiger partial charge in [-0.2, -0.15) is 0 Å². The molecule has 2 rings (SSSR count). The lowest BCUT2D eigenvalue weighted by atomic mass is 10.1. The Morgan fingerprint density at radius 2 is 1.83 bits per heavy atom. The van der Waals surface area contributed by atoms with E-state index in [0.717, 1.165) is 17.7 Å². The highest BCUT2D eigenvalue weighted by Crippen LogP contribution is 2.12. The first-order valence-corrected chi connectivity index (χ1v) is 7.45. The molecule has 0 aliphatic rings. The van der Waals surface area contributed by atoms with Gasteiger partial charge in [-0.1, -0.05) is 30.3 Å². The maximum atomic E-state index is 10.6. The van der Waals surface area contributed by atoms with E-state index in [2.05, 4.69) is 5.32 Å². The summed E-state index contributed by atoms with van der Waals surface area (Å²) in [5, 5.41) is 23.6. The molecule has 0 saturated heterocycles. The zero-order valence-corrected chi connectivity index (χ0v) is 12.7. The molecule has 0 aromatic heterocycles. The van der Waals surface area contributed by atoms with Crippen molar-refractivity contribution >= 4 is 5.69 Å². The first kappa shape index (κ1) is 16.9. The lowest BCUT2D eigenvalue weighted by Gasteiger charge is -2.13. The molecule has 1 atom stereocenters. The van der Waals surface area contributed by atoms with E-state index in [0.29, 0.717) is 13.1 Å². The number of hydrogen-bond donors (Lipinski definition) is 2. The van der Waals surface area contributed by atoms with Gasteiger partial charge in [0.25, 0.3) is 5.69 Å². The van der Waals surface area contributed by atoms with Crippen LogP contribution in [0.4, 0.5) is 5.69 Å². The van der Waals surface area contributed by atoms with Gasteiger partial charge in [0, 0.05) is 18.7 Å². The number of rotatable bonds is 9. The number of nitrogens with zero attached hydrogens (tertiary/aromatic N) is 1. The molecule has 0 aliphatic carbocycles. The van der Waals surface area contributed by atoms with Gasteiger partial charge in [0.1, 0.15) is 18.5 Å². The summed E-state index contributed by atoms with van der Waals surface area (Å²) < 4.78 is 5.46. The van der Waals surface area contributed by atoms with Crippen molar-refractivity contribution < 1.29 is 14.8 Å². The van der Waals surface area contributed by atoms with Crippen molar-refractivity contribution in [3.8, 4) is 5.75 Å². The van der Waals surface area contributed by atoms with Crippen LogP contribution in [-0.2, 0) is 6.42 Å². The summed E-state index contributed by atoms with van der Waals surface area (Å²) in [5.41, 5.74) is 1.10. The molecule has 2 aromatic carbocycles. The molecule has 6 nitrogen and oxygen atoms in total. The largest absolute Gasteiger partial charge is 0.491 e. The number of aliphatic hydroxyl groups is 1. The molecule has 6 heteroatoms. The number of nitrogens with one attached hydrogen (secondary N) is 1. The SMILES string of the molecule is O=[N+]([O-])c1ccc(CCNC[C@H](O)COc2ccccc2)cc1. The number of aliphatic hydroxyl groups excluding tert-OH is 1. The Hall–Kier alpha value is -2.44. The average Bonchev–Trinajstić information content (AvgIpc) is 2.58. The second-order valence-electron chi connectivity index (χ2n) is 5.16. The Kier molecular flexibility index (Phi) is 6.53. The smallest absolute Gasteiger partial charge is 0.269 e. The molecule has 0 saturated carbocycles. The van der Waals surface area contributed by atoms with Gasteiger partial charge in [-0.25, -0.2) is 0 Å². The highest BCUT2D eigenvalue weighted by atomic mass is 16.6. The summed E-state index contributed by atoms with van der Waals surface area (Å²) in [6, 6.07) is 15.8. The number of benzene rings is 2. The lowest BCUT2D eigenvalue weighted by molar-refractivity contribution is -0.384. The van der Waals surface area contributed by atoms with Crippen molar-refractivity contribution in [2.75, 3.05) is 19.7 Å². The van der Waals surface area contributed by atoms with Crippen LogP contribution in [0.15, 0.2) is 54.6 Å². The van der Waals surface area contributed by atoms with E-state index in [1.165, 1.54) is 12.1 Å². The summed E-state index contributed by atoms with van der Waals surface area (Å²) >= 11 is 0. The van der Waals surface area contributed by atoms with E-state index in [4.69, 9.17) is 4.74 Å². The predicted octanol–water partition coefficient (Wildman–Crippen LogP) is 2.17. The number of nitro groups is 1. The van der Waals surface area contributed by atoms with E-state index >= 15 is 0 Å². The Bertz CT molecular complexity index is 602. The predicted molar refractivity (Wildman–Crippen MR) is 87.6 cm³/mol. The minimum atomic E-state index is -0.591. The molecule has 0 amide bonds. The number of hydrogen-bond acceptors (Lipinski definition) is 5. The molecule has 122 valence electrons. The second-order valence-corrected chi connectivity index (χ2v) is 5.16. The number of para-hydroxylation sites is 1. The fraction of sp³-hybridized carbons (Fsp3) is 0.294. The summed E-state index contributed by atoms with van der Waals surface area (Å²) in [6.45, 7) is 1.34. The molecule has 2 N–H and O–H groups in total. The van der Waals surface area contributed by atoms with Gasteiger partial charge in [-0.15, -0.1) is 0 Å². The average molecular weight is 316 g/mol. The molecular formula is C17H20N2O4. The maximum Gasteiger partial charge on any atom is 0.269 e. The molecule has 0 aliphatic heterocycles. The minimum absolute atomic E-state index is 0.0928. The fourth-order valence-corrected chi connectivity index (χ4v) is 2.05. The second kappa shape index (κ2) is 8.87. The highest BCUT2D eigenvalue weighted by molar-refractivity contribution is 5.32. The molecule has 0 fully saturated rings. The van der Waals surface area contributed by atoms with Gasteiger partial charge in [0.15, 0.2) is 0 Å². The van der Waals surface area contributed by atoms with E-state index in [1.807, 2.05) is 30.3 Å². The molecular weight excluding hydrogens is 296 g/mol. The highest BCUT2D eigenvalue weighted by Gasteiger charge is 2.06. The van der Waals surface area contributed by atoms with Gasteiger partial charge >= 0.3 is 0 Å². The van der Waals surface area contributed by atoms with Crippen molar-refractivity contribution in [1.82, 2.24) is 5.32 Å². The van der Waals surface area contributed by atoms with Crippen LogP contribution < -0.4 is 10.1 Å². The van der Waals surface area contributed by atoms with E-state index in [1.54, 1.807) is 12.1 Å². The summed E-state index contributed by atoms with van der Waals surface area (Å²) in [4.78, 5) is 10.2. The summed E-state index contributed by atoms with van der Waals surface area (Å²) in [7, 11) is 0.